The predicted octanol–water partition coefficient (Wildman–Crippen LogP) is 2.02. The van der Waals surface area contributed by atoms with Crippen LogP contribution in [0.1, 0.15) is 12.7 Å². The van der Waals surface area contributed by atoms with E-state index in [1.165, 1.54) is 4.57 Å². The molecule has 5 rings (SSSR count). The Morgan fingerprint density at radius 2 is 1.83 bits per heavy atom. The number of aryl methyl sites for hydroxylation is 1. The van der Waals surface area contributed by atoms with Crippen LogP contribution in [0.4, 0.5) is 5.69 Å². The largest absolute Gasteiger partial charge is 0.486 e. The monoisotopic (exact) mass is 405 g/mol. The van der Waals surface area contributed by atoms with Gasteiger partial charge in [-0.15, -0.1) is 10.2 Å². The van der Waals surface area contributed by atoms with Crippen molar-refractivity contribution in [1.82, 2.24) is 19.2 Å². The van der Waals surface area contributed by atoms with E-state index in [4.69, 9.17) is 9.47 Å². The zero-order valence-corrected chi connectivity index (χ0v) is 16.3. The quantitative estimate of drug-likeness (QED) is 0.558. The summed E-state index contributed by atoms with van der Waals surface area (Å²) in [5.74, 6) is 1.59. The van der Waals surface area contributed by atoms with Gasteiger partial charge in [-0.05, 0) is 24.3 Å². The Labute approximate surface area is 170 Å². The van der Waals surface area contributed by atoms with Crippen molar-refractivity contribution in [2.45, 2.75) is 19.9 Å². The Kier molecular flexibility index (Phi) is 4.35. The summed E-state index contributed by atoms with van der Waals surface area (Å²) in [5, 5.41) is 11.0. The molecule has 2 aromatic heterocycles. The van der Waals surface area contributed by atoms with E-state index < -0.39 is 0 Å². The highest BCUT2D eigenvalue weighted by atomic mass is 16.6. The van der Waals surface area contributed by atoms with Crippen LogP contribution >= 0.6 is 0 Å². The van der Waals surface area contributed by atoms with Crippen molar-refractivity contribution >= 4 is 28.3 Å². The number of ether oxygens (including phenoxy) is 2. The Bertz CT molecular complexity index is 1340. The van der Waals surface area contributed by atoms with Crippen LogP contribution in [0, 0.1) is 0 Å². The maximum Gasteiger partial charge on any atom is 0.297 e. The number of carbonyl (C=O) groups is 1. The molecule has 152 valence electrons. The Hall–Kier alpha value is -3.88. The first-order valence-corrected chi connectivity index (χ1v) is 9.70. The van der Waals surface area contributed by atoms with Gasteiger partial charge in [0.1, 0.15) is 25.6 Å². The molecule has 4 aromatic rings. The molecule has 1 aliphatic heterocycles. The van der Waals surface area contributed by atoms with Gasteiger partial charge in [-0.25, -0.2) is 0 Å². The SMILES string of the molecule is CCc1nnc2c(=O)n(CC(=O)Nc3ccc4c(c3)OCCO4)c3ccccc3n12. The predicted molar refractivity (Wildman–Crippen MR) is 110 cm³/mol. The highest BCUT2D eigenvalue weighted by molar-refractivity contribution is 5.92. The van der Waals surface area contributed by atoms with Crippen molar-refractivity contribution in [3.05, 3.63) is 58.6 Å². The molecule has 30 heavy (non-hydrogen) atoms. The molecule has 0 radical (unpaired) electrons. The van der Waals surface area contributed by atoms with E-state index in [9.17, 15) is 9.59 Å². The number of rotatable bonds is 4. The minimum absolute atomic E-state index is 0.154. The Balaban J connectivity index is 1.51. The number of carbonyl (C=O) groups excluding carboxylic acids is 1. The number of hydrogen-bond acceptors (Lipinski definition) is 6. The summed E-state index contributed by atoms with van der Waals surface area (Å²) in [6, 6.07) is 12.6. The van der Waals surface area contributed by atoms with Crippen LogP contribution in [0.2, 0.25) is 0 Å². The maximum atomic E-state index is 13.1. The van der Waals surface area contributed by atoms with Crippen LogP contribution in [0.5, 0.6) is 11.5 Å². The standard InChI is InChI=1S/C21H19N5O4/c1-2-18-23-24-20-21(28)25(14-5-3-4-6-15(14)26(18)20)12-19(27)22-13-7-8-16-17(11-13)30-10-9-29-16/h3-8,11H,2,9-10,12H2,1H3,(H,22,27). The fraction of sp³-hybridized carbons (Fsp3) is 0.238. The molecule has 0 atom stereocenters. The van der Waals surface area contributed by atoms with Crippen molar-refractivity contribution in [3.63, 3.8) is 0 Å². The summed E-state index contributed by atoms with van der Waals surface area (Å²) in [6.07, 6.45) is 0.638. The molecule has 0 spiro atoms. The number of nitrogens with zero attached hydrogens (tertiary/aromatic N) is 4. The molecular weight excluding hydrogens is 386 g/mol. The van der Waals surface area contributed by atoms with Crippen molar-refractivity contribution in [3.8, 4) is 11.5 Å². The first kappa shape index (κ1) is 18.2. The summed E-state index contributed by atoms with van der Waals surface area (Å²) in [7, 11) is 0. The lowest BCUT2D eigenvalue weighted by Gasteiger charge is -2.19. The van der Waals surface area contributed by atoms with Gasteiger partial charge in [0.15, 0.2) is 11.5 Å². The molecule has 9 heteroatoms. The zero-order valence-electron chi connectivity index (χ0n) is 16.3. The third-order valence-electron chi connectivity index (χ3n) is 5.02. The summed E-state index contributed by atoms with van der Waals surface area (Å²) < 4.78 is 14.2. The minimum Gasteiger partial charge on any atom is -0.486 e. The highest BCUT2D eigenvalue weighted by Gasteiger charge is 2.18. The third kappa shape index (κ3) is 2.95. The molecule has 0 fully saturated rings. The molecule has 1 amide bonds. The van der Waals surface area contributed by atoms with E-state index in [1.807, 2.05) is 31.2 Å². The fourth-order valence-electron chi connectivity index (χ4n) is 3.67. The lowest BCUT2D eigenvalue weighted by atomic mass is 10.2. The number of anilines is 1. The van der Waals surface area contributed by atoms with Gasteiger partial charge in [-0.1, -0.05) is 19.1 Å². The second-order valence-corrected chi connectivity index (χ2v) is 6.92. The minimum atomic E-state index is -0.363. The smallest absolute Gasteiger partial charge is 0.297 e. The molecule has 9 nitrogen and oxygen atoms in total. The molecule has 0 saturated carbocycles. The molecule has 2 aromatic carbocycles. The van der Waals surface area contributed by atoms with Crippen LogP contribution in [0.25, 0.3) is 16.7 Å². The number of para-hydroxylation sites is 2. The van der Waals surface area contributed by atoms with Crippen LogP contribution in [-0.4, -0.2) is 38.3 Å². The lowest BCUT2D eigenvalue weighted by Crippen LogP contribution is -2.29. The van der Waals surface area contributed by atoms with E-state index in [0.717, 1.165) is 5.52 Å². The van der Waals surface area contributed by atoms with Crippen LogP contribution in [-0.2, 0) is 17.8 Å². The summed E-state index contributed by atoms with van der Waals surface area (Å²) >= 11 is 0. The number of fused-ring (bicyclic) bond motifs is 4. The second-order valence-electron chi connectivity index (χ2n) is 6.92. The van der Waals surface area contributed by atoms with Crippen molar-refractivity contribution in [2.75, 3.05) is 18.5 Å². The first-order chi connectivity index (χ1) is 14.7. The number of benzene rings is 2. The van der Waals surface area contributed by atoms with Gasteiger partial charge < -0.3 is 14.8 Å². The number of amides is 1. The third-order valence-corrected chi connectivity index (χ3v) is 5.02. The zero-order chi connectivity index (χ0) is 20.7. The number of aromatic nitrogens is 4. The average Bonchev–Trinajstić information content (AvgIpc) is 3.21. The normalized spacial score (nSPS) is 13.0. The highest BCUT2D eigenvalue weighted by Crippen LogP contribution is 2.32. The van der Waals surface area contributed by atoms with Gasteiger partial charge in [0.25, 0.3) is 5.56 Å². The van der Waals surface area contributed by atoms with Crippen LogP contribution in [0.15, 0.2) is 47.3 Å². The van der Waals surface area contributed by atoms with Gasteiger partial charge in [-0.3, -0.25) is 18.6 Å². The fourth-order valence-corrected chi connectivity index (χ4v) is 3.67. The summed E-state index contributed by atoms with van der Waals surface area (Å²) in [5.41, 5.74) is 1.83. The lowest BCUT2D eigenvalue weighted by molar-refractivity contribution is -0.116. The molecule has 0 unspecified atom stereocenters. The maximum absolute atomic E-state index is 13.1. The van der Waals surface area contributed by atoms with Gasteiger partial charge >= 0.3 is 0 Å². The van der Waals surface area contributed by atoms with E-state index in [1.54, 1.807) is 22.6 Å². The molecule has 1 aliphatic rings. The van der Waals surface area contributed by atoms with E-state index >= 15 is 0 Å². The van der Waals surface area contributed by atoms with Gasteiger partial charge in [0.05, 0.1) is 11.0 Å². The summed E-state index contributed by atoms with van der Waals surface area (Å²) in [4.78, 5) is 25.8. The molecule has 1 N–H and O–H groups in total. The molecule has 0 saturated heterocycles. The molecular formula is C21H19N5O4. The topological polar surface area (TPSA) is 99.8 Å². The van der Waals surface area contributed by atoms with Gasteiger partial charge in [-0.2, -0.15) is 0 Å². The summed E-state index contributed by atoms with van der Waals surface area (Å²) in [6.45, 7) is 2.76. The number of hydrogen-bond donors (Lipinski definition) is 1. The van der Waals surface area contributed by atoms with Gasteiger partial charge in [0, 0.05) is 18.2 Å². The van der Waals surface area contributed by atoms with Crippen molar-refractivity contribution < 1.29 is 14.3 Å². The van der Waals surface area contributed by atoms with Crippen LogP contribution < -0.4 is 20.3 Å². The molecule has 0 aliphatic carbocycles. The van der Waals surface area contributed by atoms with Crippen molar-refractivity contribution in [1.29, 1.82) is 0 Å². The van der Waals surface area contributed by atoms with E-state index in [0.29, 0.717) is 48.2 Å². The van der Waals surface area contributed by atoms with Crippen LogP contribution in [0.3, 0.4) is 0 Å². The first-order valence-electron chi connectivity index (χ1n) is 9.70. The second kappa shape index (κ2) is 7.18. The molecule has 0 bridgehead atoms. The van der Waals surface area contributed by atoms with Crippen molar-refractivity contribution in [2.24, 2.45) is 0 Å². The van der Waals surface area contributed by atoms with E-state index in [-0.39, 0.29) is 23.7 Å². The Morgan fingerprint density at radius 1 is 1.07 bits per heavy atom. The average molecular weight is 405 g/mol. The van der Waals surface area contributed by atoms with Gasteiger partial charge in [0.2, 0.25) is 11.6 Å². The van der Waals surface area contributed by atoms with E-state index in [2.05, 4.69) is 15.5 Å². The number of nitrogens with one attached hydrogen (secondary N) is 1. The molecule has 3 heterocycles. The Morgan fingerprint density at radius 3 is 2.63 bits per heavy atom.